The molecule has 1 aliphatic heterocycles. The highest BCUT2D eigenvalue weighted by molar-refractivity contribution is 6.21. The summed E-state index contributed by atoms with van der Waals surface area (Å²) < 4.78 is 77.3. The summed E-state index contributed by atoms with van der Waals surface area (Å²) in [6, 6.07) is 0.419. The van der Waals surface area contributed by atoms with Gasteiger partial charge in [-0.15, -0.1) is 0 Å². The van der Waals surface area contributed by atoms with Crippen LogP contribution in [0.4, 0.5) is 27.9 Å². The van der Waals surface area contributed by atoms with E-state index < -0.39 is 28.1 Å². The first-order chi connectivity index (χ1) is 18.3. The van der Waals surface area contributed by atoms with E-state index in [-0.39, 0.29) is 60.0 Å². The molecule has 4 saturated carbocycles. The molecule has 2 atom stereocenters. The van der Waals surface area contributed by atoms with E-state index >= 15 is 0 Å². The van der Waals surface area contributed by atoms with Gasteiger partial charge in [0.05, 0.1) is 41.7 Å². The summed E-state index contributed by atoms with van der Waals surface area (Å²) in [6.07, 6.45) is 0.588. The van der Waals surface area contributed by atoms with Crippen LogP contribution in [0.15, 0.2) is 12.4 Å². The Labute approximate surface area is 224 Å². The van der Waals surface area contributed by atoms with Crippen LogP contribution in [0.1, 0.15) is 73.8 Å². The number of ether oxygens (including phenoxy) is 1. The minimum atomic E-state index is -4.34. The number of halogens is 6. The number of anilines is 1. The predicted molar refractivity (Wildman–Crippen MR) is 130 cm³/mol. The third-order valence-electron chi connectivity index (χ3n) is 8.55. The Kier molecular flexibility index (Phi) is 5.16. The molecule has 3 aromatic rings. The zero-order chi connectivity index (χ0) is 27.5. The SMILES string of the molecule is Cc1nc2nc(N3CC(C)OC(c4cnn(C5CC5)c4)C3)nc(C34CC(C(F)(F)F)(C3)C4)c2nc1C(F)(F)Cl. The second-order valence-electron chi connectivity index (χ2n) is 11.6. The van der Waals surface area contributed by atoms with E-state index in [0.29, 0.717) is 19.1 Å². The minimum absolute atomic E-state index is 0.0290. The number of hydrogen-bond acceptors (Lipinski definition) is 7. The molecule has 2 bridgehead atoms. The van der Waals surface area contributed by atoms with Crippen molar-refractivity contribution in [1.82, 2.24) is 29.7 Å². The summed E-state index contributed by atoms with van der Waals surface area (Å²) >= 11 is 5.28. The van der Waals surface area contributed by atoms with Crippen LogP contribution in [-0.2, 0) is 15.5 Å². The van der Waals surface area contributed by atoms with Gasteiger partial charge >= 0.3 is 11.6 Å². The van der Waals surface area contributed by atoms with E-state index in [0.717, 1.165) is 18.4 Å². The van der Waals surface area contributed by atoms with Crippen LogP contribution in [0.2, 0.25) is 0 Å². The van der Waals surface area contributed by atoms with Crippen LogP contribution in [0.3, 0.4) is 0 Å². The average molecular weight is 570 g/mol. The van der Waals surface area contributed by atoms with Gasteiger partial charge in [-0.2, -0.15) is 32.0 Å². The number of morpholine rings is 1. The van der Waals surface area contributed by atoms with Crippen LogP contribution in [0.5, 0.6) is 0 Å². The minimum Gasteiger partial charge on any atom is -0.367 e. The van der Waals surface area contributed by atoms with Crippen molar-refractivity contribution in [3.8, 4) is 0 Å². The van der Waals surface area contributed by atoms with Crippen molar-refractivity contribution in [2.24, 2.45) is 5.41 Å². The molecule has 14 heteroatoms. The molecule has 4 heterocycles. The molecule has 5 fully saturated rings. The van der Waals surface area contributed by atoms with E-state index in [1.54, 1.807) is 6.20 Å². The molecule has 0 N–H and O–H groups in total. The monoisotopic (exact) mass is 569 g/mol. The molecule has 3 aromatic heterocycles. The predicted octanol–water partition coefficient (Wildman–Crippen LogP) is 5.50. The van der Waals surface area contributed by atoms with Crippen LogP contribution >= 0.6 is 11.6 Å². The molecular formula is C25H25ClF5N7O. The third kappa shape index (κ3) is 3.90. The van der Waals surface area contributed by atoms with Crippen molar-refractivity contribution < 1.29 is 26.7 Å². The van der Waals surface area contributed by atoms with Gasteiger partial charge < -0.3 is 9.64 Å². The first kappa shape index (κ1) is 25.3. The Morgan fingerprint density at radius 1 is 1.03 bits per heavy atom. The molecule has 1 saturated heterocycles. The van der Waals surface area contributed by atoms with Crippen LogP contribution in [0, 0.1) is 12.3 Å². The molecule has 208 valence electrons. The number of nitrogens with zero attached hydrogens (tertiary/aromatic N) is 7. The number of fused-ring (bicyclic) bond motifs is 1. The van der Waals surface area contributed by atoms with Crippen LogP contribution in [-0.4, -0.2) is 55.1 Å². The fourth-order valence-electron chi connectivity index (χ4n) is 6.49. The lowest BCUT2D eigenvalue weighted by Crippen LogP contribution is -2.70. The Morgan fingerprint density at radius 3 is 2.38 bits per heavy atom. The highest BCUT2D eigenvalue weighted by atomic mass is 35.5. The molecule has 0 radical (unpaired) electrons. The highest BCUT2D eigenvalue weighted by Gasteiger charge is 2.79. The lowest BCUT2D eigenvalue weighted by atomic mass is 9.34. The van der Waals surface area contributed by atoms with Crippen molar-refractivity contribution in [1.29, 1.82) is 0 Å². The van der Waals surface area contributed by atoms with Gasteiger partial charge in [0.25, 0.3) is 0 Å². The quantitative estimate of drug-likeness (QED) is 0.296. The molecule has 39 heavy (non-hydrogen) atoms. The molecule has 8 rings (SSSR count). The standard InChI is InChI=1S/C25H25ClF5N7O/c1-12-6-37(8-16(39-12)14-5-32-38(7-14)15-3-4-15)21-35-19(22-9-23(10-22,11-22)25(29,30)31)17-20(36-21)33-13(2)18(34-17)24(26,27)28/h5,7,12,15-16H,3-4,6,8-11H2,1-2H3. The van der Waals surface area contributed by atoms with Gasteiger partial charge in [0.1, 0.15) is 17.3 Å². The summed E-state index contributed by atoms with van der Waals surface area (Å²) in [7, 11) is 0. The summed E-state index contributed by atoms with van der Waals surface area (Å²) in [5.41, 5.74) is -2.38. The first-order valence-electron chi connectivity index (χ1n) is 12.9. The second-order valence-corrected chi connectivity index (χ2v) is 12.1. The van der Waals surface area contributed by atoms with Crippen LogP contribution in [0.25, 0.3) is 11.2 Å². The maximum Gasteiger partial charge on any atom is 0.394 e. The van der Waals surface area contributed by atoms with Gasteiger partial charge in [-0.3, -0.25) is 4.68 Å². The second kappa shape index (κ2) is 7.96. The van der Waals surface area contributed by atoms with E-state index in [9.17, 15) is 22.0 Å². The van der Waals surface area contributed by atoms with Crippen molar-refractivity contribution in [3.63, 3.8) is 0 Å². The van der Waals surface area contributed by atoms with Crippen LogP contribution < -0.4 is 4.90 Å². The Morgan fingerprint density at radius 2 is 1.74 bits per heavy atom. The number of rotatable bonds is 5. The molecule has 0 spiro atoms. The van der Waals surface area contributed by atoms with Gasteiger partial charge in [-0.05, 0) is 57.6 Å². The van der Waals surface area contributed by atoms with Gasteiger partial charge in [0, 0.05) is 23.7 Å². The first-order valence-corrected chi connectivity index (χ1v) is 13.3. The lowest BCUT2D eigenvalue weighted by molar-refractivity contribution is -0.337. The Hall–Kier alpha value is -2.67. The molecule has 5 aliphatic rings. The Bertz CT molecular complexity index is 1460. The van der Waals surface area contributed by atoms with Gasteiger partial charge in [0.15, 0.2) is 5.65 Å². The normalized spacial score (nSPS) is 30.8. The average Bonchev–Trinajstić information content (AvgIpc) is 3.50. The molecule has 4 aliphatic carbocycles. The van der Waals surface area contributed by atoms with Gasteiger partial charge in [-0.1, -0.05) is 0 Å². The molecule has 0 aromatic carbocycles. The topological polar surface area (TPSA) is 81.9 Å². The molecular weight excluding hydrogens is 545 g/mol. The van der Waals surface area contributed by atoms with E-state index in [1.807, 2.05) is 22.7 Å². The fraction of sp³-hybridized carbons (Fsp3) is 0.640. The smallest absolute Gasteiger partial charge is 0.367 e. The zero-order valence-electron chi connectivity index (χ0n) is 21.1. The van der Waals surface area contributed by atoms with E-state index in [4.69, 9.17) is 21.3 Å². The van der Waals surface area contributed by atoms with Crippen molar-refractivity contribution in [2.45, 2.75) is 81.2 Å². The lowest BCUT2D eigenvalue weighted by Gasteiger charge is -2.70. The highest BCUT2D eigenvalue weighted by Crippen LogP contribution is 2.78. The Balaban J connectivity index is 1.29. The van der Waals surface area contributed by atoms with Crippen molar-refractivity contribution in [2.75, 3.05) is 18.0 Å². The van der Waals surface area contributed by atoms with E-state index in [2.05, 4.69) is 20.1 Å². The van der Waals surface area contributed by atoms with Gasteiger partial charge in [-0.25, -0.2) is 15.0 Å². The summed E-state index contributed by atoms with van der Waals surface area (Å²) in [5.74, 6) is 0.261. The number of aryl methyl sites for hydroxylation is 1. The van der Waals surface area contributed by atoms with Crippen molar-refractivity contribution >= 4 is 28.7 Å². The third-order valence-corrected chi connectivity index (χ3v) is 8.73. The number of aromatic nitrogens is 6. The maximum atomic E-state index is 14.1. The number of hydrogen-bond donors (Lipinski definition) is 0. The molecule has 8 nitrogen and oxygen atoms in total. The fourth-order valence-corrected chi connectivity index (χ4v) is 6.67. The maximum absolute atomic E-state index is 14.1. The van der Waals surface area contributed by atoms with Gasteiger partial charge in [0.2, 0.25) is 5.95 Å². The summed E-state index contributed by atoms with van der Waals surface area (Å²) in [6.45, 7) is 4.08. The summed E-state index contributed by atoms with van der Waals surface area (Å²) in [5, 5.41) is 0.656. The van der Waals surface area contributed by atoms with Crippen molar-refractivity contribution in [3.05, 3.63) is 35.0 Å². The largest absolute Gasteiger partial charge is 0.394 e. The zero-order valence-corrected chi connectivity index (χ0v) is 21.9. The number of alkyl halides is 6. The molecule has 2 unspecified atom stereocenters. The molecule has 0 amide bonds. The van der Waals surface area contributed by atoms with E-state index in [1.165, 1.54) is 6.92 Å². The summed E-state index contributed by atoms with van der Waals surface area (Å²) in [4.78, 5) is 19.5.